The topological polar surface area (TPSA) is 76.1 Å². The van der Waals surface area contributed by atoms with Gasteiger partial charge in [-0.15, -0.1) is 0 Å². The van der Waals surface area contributed by atoms with Crippen molar-refractivity contribution in [2.75, 3.05) is 12.8 Å². The lowest BCUT2D eigenvalue weighted by Gasteiger charge is -2.06. The summed E-state index contributed by atoms with van der Waals surface area (Å²) in [6.45, 7) is 0. The molecule has 5 heteroatoms. The first kappa shape index (κ1) is 13.1. The summed E-state index contributed by atoms with van der Waals surface area (Å²) in [7, 11) is 1.28. The third kappa shape index (κ3) is 3.23. The summed E-state index contributed by atoms with van der Waals surface area (Å²) in [5.41, 5.74) is 6.80. The van der Waals surface area contributed by atoms with Crippen molar-refractivity contribution in [1.29, 1.82) is 5.26 Å². The lowest BCUT2D eigenvalue weighted by atomic mass is 10.1. The predicted molar refractivity (Wildman–Crippen MR) is 66.5 cm³/mol. The molecule has 0 aliphatic carbocycles. The van der Waals surface area contributed by atoms with Crippen molar-refractivity contribution >= 4 is 29.3 Å². The van der Waals surface area contributed by atoms with E-state index in [1.807, 2.05) is 6.07 Å². The minimum Gasteiger partial charge on any atom is -0.465 e. The number of anilines is 1. The maximum Gasteiger partial charge on any atom is 0.339 e. The van der Waals surface area contributed by atoms with Gasteiger partial charge in [0.05, 0.1) is 25.2 Å². The van der Waals surface area contributed by atoms with E-state index >= 15 is 0 Å². The quantitative estimate of drug-likeness (QED) is 0.661. The summed E-state index contributed by atoms with van der Waals surface area (Å²) in [5, 5.41) is 8.83. The fourth-order valence-electron chi connectivity index (χ4n) is 1.26. The molecule has 1 aromatic rings. The first-order valence-electron chi connectivity index (χ1n) is 4.81. The molecule has 0 saturated heterocycles. The number of benzene rings is 1. The molecule has 2 N–H and O–H groups in total. The third-order valence-corrected chi connectivity index (χ3v) is 2.41. The van der Waals surface area contributed by atoms with Crippen LogP contribution in [0.3, 0.4) is 0 Å². The Hall–Kier alpha value is -1.99. The standard InChI is InChI=1S/C12H11ClN2O2/c1-17-12(16)9-6-8(4-2-3-5-14)10(13)7-11(9)15/h2,4,6-7H,3,15H2,1H3. The van der Waals surface area contributed by atoms with Gasteiger partial charge in [-0.05, 0) is 17.7 Å². The average molecular weight is 251 g/mol. The first-order valence-corrected chi connectivity index (χ1v) is 5.18. The highest BCUT2D eigenvalue weighted by atomic mass is 35.5. The van der Waals surface area contributed by atoms with Gasteiger partial charge in [-0.25, -0.2) is 4.79 Å². The molecule has 0 atom stereocenters. The van der Waals surface area contributed by atoms with Gasteiger partial charge in [-0.1, -0.05) is 23.8 Å². The number of rotatable bonds is 3. The third-order valence-electron chi connectivity index (χ3n) is 2.08. The van der Waals surface area contributed by atoms with Gasteiger partial charge in [0.1, 0.15) is 0 Å². The molecule has 0 heterocycles. The van der Waals surface area contributed by atoms with Crippen LogP contribution in [0.2, 0.25) is 5.02 Å². The summed E-state index contributed by atoms with van der Waals surface area (Å²) in [4.78, 5) is 11.4. The highest BCUT2D eigenvalue weighted by Gasteiger charge is 2.12. The molecule has 0 spiro atoms. The van der Waals surface area contributed by atoms with E-state index in [-0.39, 0.29) is 17.7 Å². The van der Waals surface area contributed by atoms with Crippen molar-refractivity contribution < 1.29 is 9.53 Å². The van der Waals surface area contributed by atoms with E-state index in [0.717, 1.165) is 0 Å². The lowest BCUT2D eigenvalue weighted by molar-refractivity contribution is 0.0602. The van der Waals surface area contributed by atoms with Gasteiger partial charge in [0, 0.05) is 10.7 Å². The van der Waals surface area contributed by atoms with Gasteiger partial charge in [-0.2, -0.15) is 5.26 Å². The Morgan fingerprint density at radius 2 is 2.35 bits per heavy atom. The van der Waals surface area contributed by atoms with Crippen molar-refractivity contribution in [3.63, 3.8) is 0 Å². The Kier molecular flexibility index (Phi) is 4.56. The molecule has 0 unspecified atom stereocenters. The van der Waals surface area contributed by atoms with Crippen LogP contribution in [0, 0.1) is 11.3 Å². The highest BCUT2D eigenvalue weighted by Crippen LogP contribution is 2.25. The van der Waals surface area contributed by atoms with E-state index in [0.29, 0.717) is 10.6 Å². The maximum absolute atomic E-state index is 11.4. The zero-order valence-electron chi connectivity index (χ0n) is 9.24. The number of methoxy groups -OCH3 is 1. The highest BCUT2D eigenvalue weighted by molar-refractivity contribution is 6.32. The Bertz CT molecular complexity index is 504. The monoisotopic (exact) mass is 250 g/mol. The van der Waals surface area contributed by atoms with Crippen molar-refractivity contribution in [2.45, 2.75) is 6.42 Å². The maximum atomic E-state index is 11.4. The van der Waals surface area contributed by atoms with E-state index in [4.69, 9.17) is 22.6 Å². The molecule has 1 aromatic carbocycles. The molecule has 1 rings (SSSR count). The molecular formula is C12H11ClN2O2. The second-order valence-electron chi connectivity index (χ2n) is 3.22. The summed E-state index contributed by atoms with van der Waals surface area (Å²) < 4.78 is 4.60. The molecule has 0 aliphatic rings. The summed E-state index contributed by atoms with van der Waals surface area (Å²) in [6.07, 6.45) is 3.59. The minimum absolute atomic E-state index is 0.258. The van der Waals surface area contributed by atoms with Crippen molar-refractivity contribution in [2.24, 2.45) is 0 Å². The molecule has 0 amide bonds. The van der Waals surface area contributed by atoms with Crippen molar-refractivity contribution in [3.05, 3.63) is 34.4 Å². The number of hydrogen-bond donors (Lipinski definition) is 1. The van der Waals surface area contributed by atoms with E-state index < -0.39 is 5.97 Å². The second-order valence-corrected chi connectivity index (χ2v) is 3.62. The summed E-state index contributed by atoms with van der Waals surface area (Å²) >= 11 is 5.96. The zero-order valence-corrected chi connectivity index (χ0v) is 9.99. The van der Waals surface area contributed by atoms with Gasteiger partial charge < -0.3 is 10.5 Å². The second kappa shape index (κ2) is 5.92. The van der Waals surface area contributed by atoms with Crippen LogP contribution in [0.1, 0.15) is 22.3 Å². The van der Waals surface area contributed by atoms with Crippen molar-refractivity contribution in [3.8, 4) is 6.07 Å². The number of nitrogens with two attached hydrogens (primary N) is 1. The van der Waals surface area contributed by atoms with Gasteiger partial charge in [0.15, 0.2) is 0 Å². The SMILES string of the molecule is COC(=O)c1cc(C=CCC#N)c(Cl)cc1N. The summed E-state index contributed by atoms with van der Waals surface area (Å²) in [5.74, 6) is -0.519. The number of ether oxygens (including phenoxy) is 1. The van der Waals surface area contributed by atoms with E-state index in [9.17, 15) is 4.79 Å². The van der Waals surface area contributed by atoms with E-state index in [1.54, 1.807) is 12.2 Å². The van der Waals surface area contributed by atoms with Gasteiger partial charge in [0.25, 0.3) is 0 Å². The van der Waals surface area contributed by atoms with Crippen LogP contribution in [0.4, 0.5) is 5.69 Å². The number of carbonyl (C=O) groups is 1. The van der Waals surface area contributed by atoms with E-state index in [1.165, 1.54) is 19.2 Å². The van der Waals surface area contributed by atoms with Crippen molar-refractivity contribution in [1.82, 2.24) is 0 Å². The van der Waals surface area contributed by atoms with E-state index in [2.05, 4.69) is 4.74 Å². The number of halogens is 1. The largest absolute Gasteiger partial charge is 0.465 e. The molecule has 0 bridgehead atoms. The molecule has 0 fully saturated rings. The number of nitriles is 1. The predicted octanol–water partition coefficient (Wildman–Crippen LogP) is 2.64. The van der Waals surface area contributed by atoms with Crippen LogP contribution in [0.25, 0.3) is 6.08 Å². The Morgan fingerprint density at radius 3 is 2.94 bits per heavy atom. The zero-order chi connectivity index (χ0) is 12.8. The Balaban J connectivity index is 3.15. The van der Waals surface area contributed by atoms with Gasteiger partial charge >= 0.3 is 5.97 Å². The van der Waals surface area contributed by atoms with Crippen LogP contribution in [-0.4, -0.2) is 13.1 Å². The molecular weight excluding hydrogens is 240 g/mol. The number of allylic oxidation sites excluding steroid dienone is 1. The van der Waals surface area contributed by atoms with Gasteiger partial charge in [0.2, 0.25) is 0 Å². The molecule has 88 valence electrons. The molecule has 0 aromatic heterocycles. The number of nitrogens with zero attached hydrogens (tertiary/aromatic N) is 1. The Labute approximate surface area is 104 Å². The Morgan fingerprint density at radius 1 is 1.65 bits per heavy atom. The smallest absolute Gasteiger partial charge is 0.339 e. The normalized spacial score (nSPS) is 10.2. The number of nitrogen functional groups attached to an aromatic ring is 1. The number of carbonyl (C=O) groups excluding carboxylic acids is 1. The fourth-order valence-corrected chi connectivity index (χ4v) is 1.49. The first-order chi connectivity index (χ1) is 8.10. The van der Waals surface area contributed by atoms with Gasteiger partial charge in [-0.3, -0.25) is 0 Å². The molecule has 0 saturated carbocycles. The molecule has 4 nitrogen and oxygen atoms in total. The van der Waals surface area contributed by atoms with Crippen LogP contribution in [-0.2, 0) is 4.74 Å². The number of esters is 1. The minimum atomic E-state index is -0.519. The van der Waals surface area contributed by atoms with Crippen LogP contribution in [0.5, 0.6) is 0 Å². The molecule has 0 aliphatic heterocycles. The molecule has 17 heavy (non-hydrogen) atoms. The average Bonchev–Trinajstić information content (AvgIpc) is 2.31. The van der Waals surface area contributed by atoms with Crippen LogP contribution >= 0.6 is 11.6 Å². The number of hydrogen-bond acceptors (Lipinski definition) is 4. The fraction of sp³-hybridized carbons (Fsp3) is 0.167. The summed E-state index contributed by atoms with van der Waals surface area (Å²) in [6, 6.07) is 5.00. The molecule has 0 radical (unpaired) electrons. The van der Waals surface area contributed by atoms with Crippen LogP contribution in [0.15, 0.2) is 18.2 Å². The lowest BCUT2D eigenvalue weighted by Crippen LogP contribution is -2.06. The van der Waals surface area contributed by atoms with Crippen LogP contribution < -0.4 is 5.73 Å².